The monoisotopic (exact) mass is 378 g/mol. The van der Waals surface area contributed by atoms with Crippen LogP contribution in [0.3, 0.4) is 0 Å². The van der Waals surface area contributed by atoms with Crippen molar-refractivity contribution in [1.82, 2.24) is 0 Å². The molecule has 0 unspecified atom stereocenters. The van der Waals surface area contributed by atoms with Gasteiger partial charge in [0.25, 0.3) is 15.5 Å². The molecule has 134 valence electrons. The van der Waals surface area contributed by atoms with Gasteiger partial charge in [-0.1, -0.05) is 12.1 Å². The quantitative estimate of drug-likeness (QED) is 0.487. The van der Waals surface area contributed by atoms with Gasteiger partial charge in [-0.05, 0) is 23.8 Å². The average Bonchev–Trinajstić information content (AvgIpc) is 2.52. The number of alkyl halides is 3. The van der Waals surface area contributed by atoms with Gasteiger partial charge in [0.1, 0.15) is 10.7 Å². The topological polar surface area (TPSA) is 89.3 Å². The summed E-state index contributed by atoms with van der Waals surface area (Å²) in [6.45, 7) is -0.201. The van der Waals surface area contributed by atoms with Gasteiger partial charge >= 0.3 is 5.51 Å². The Bertz CT molecular complexity index is 913. The molecule has 0 radical (unpaired) electrons. The van der Waals surface area contributed by atoms with E-state index in [1.165, 1.54) is 24.3 Å². The summed E-state index contributed by atoms with van der Waals surface area (Å²) in [6, 6.07) is 7.14. The largest absolute Gasteiger partial charge is 0.501 e. The Kier molecular flexibility index (Phi) is 4.97. The minimum absolute atomic E-state index is 0.201. The molecule has 0 saturated heterocycles. The first-order valence-corrected chi connectivity index (χ1v) is 8.09. The summed E-state index contributed by atoms with van der Waals surface area (Å²) in [7, 11) is -5.77. The van der Waals surface area contributed by atoms with Crippen LogP contribution in [0.25, 0.3) is 0 Å². The number of hydrogen-bond acceptors (Lipinski definition) is 5. The molecule has 2 rings (SSSR count). The van der Waals surface area contributed by atoms with Crippen LogP contribution in [0.5, 0.6) is 0 Å². The number of halogens is 4. The first-order chi connectivity index (χ1) is 11.5. The molecule has 0 spiro atoms. The van der Waals surface area contributed by atoms with E-state index in [9.17, 15) is 36.1 Å². The van der Waals surface area contributed by atoms with E-state index in [0.717, 1.165) is 12.1 Å². The van der Waals surface area contributed by atoms with Crippen molar-refractivity contribution in [3.63, 3.8) is 0 Å². The lowest BCUT2D eigenvalue weighted by atomic mass is 10.2. The van der Waals surface area contributed by atoms with E-state index in [4.69, 9.17) is 0 Å². The number of nitro benzene ring substituents is 1. The van der Waals surface area contributed by atoms with Gasteiger partial charge in [-0.15, -0.1) is 0 Å². The van der Waals surface area contributed by atoms with Gasteiger partial charge in [0, 0.05) is 18.7 Å². The zero-order chi connectivity index (χ0) is 18.8. The molecule has 1 N–H and O–H groups in total. The highest BCUT2D eigenvalue weighted by Gasteiger charge is 2.48. The number of non-ortho nitro benzene ring substituents is 1. The molecule has 0 heterocycles. The van der Waals surface area contributed by atoms with Gasteiger partial charge in [0.15, 0.2) is 0 Å². The highest BCUT2D eigenvalue weighted by atomic mass is 32.2. The van der Waals surface area contributed by atoms with Gasteiger partial charge in [-0.25, -0.2) is 12.8 Å². The minimum atomic E-state index is -5.77. The molecule has 2 aromatic carbocycles. The van der Waals surface area contributed by atoms with Gasteiger partial charge in [-0.2, -0.15) is 13.2 Å². The first kappa shape index (κ1) is 18.6. The number of nitro groups is 1. The molecule has 2 aromatic rings. The maximum absolute atomic E-state index is 13.2. The number of nitrogens with zero attached hydrogens (tertiary/aromatic N) is 1. The summed E-state index contributed by atoms with van der Waals surface area (Å²) < 4.78 is 74.5. The van der Waals surface area contributed by atoms with Crippen LogP contribution in [0.4, 0.5) is 28.9 Å². The Balaban J connectivity index is 2.35. The Morgan fingerprint density at radius 2 is 1.80 bits per heavy atom. The first-order valence-electron chi connectivity index (χ1n) is 6.60. The van der Waals surface area contributed by atoms with Crippen molar-refractivity contribution in [3.05, 3.63) is 64.0 Å². The lowest BCUT2D eigenvalue weighted by Crippen LogP contribution is -2.24. The number of sulfone groups is 1. The highest BCUT2D eigenvalue weighted by Crippen LogP contribution is 2.35. The van der Waals surface area contributed by atoms with Crippen molar-refractivity contribution in [1.29, 1.82) is 0 Å². The number of hydrogen-bond donors (Lipinski definition) is 1. The summed E-state index contributed by atoms with van der Waals surface area (Å²) in [4.78, 5) is 8.79. The maximum atomic E-state index is 13.2. The van der Waals surface area contributed by atoms with E-state index < -0.39 is 36.7 Å². The van der Waals surface area contributed by atoms with E-state index in [1.807, 2.05) is 0 Å². The molecule has 0 aliphatic carbocycles. The van der Waals surface area contributed by atoms with Crippen molar-refractivity contribution >= 4 is 21.2 Å². The van der Waals surface area contributed by atoms with E-state index in [0.29, 0.717) is 5.56 Å². The Morgan fingerprint density at radius 3 is 2.40 bits per heavy atom. The van der Waals surface area contributed by atoms with E-state index in [-0.39, 0.29) is 18.3 Å². The molecule has 0 bridgehead atoms. The fraction of sp³-hybridized carbons (Fsp3) is 0.143. The third kappa shape index (κ3) is 4.05. The molecule has 0 aliphatic rings. The fourth-order valence-corrected chi connectivity index (χ4v) is 2.91. The Labute approximate surface area is 139 Å². The third-order valence-corrected chi connectivity index (χ3v) is 4.67. The molecular weight excluding hydrogens is 368 g/mol. The molecule has 6 nitrogen and oxygen atoms in total. The average molecular weight is 378 g/mol. The molecule has 0 aliphatic heterocycles. The van der Waals surface area contributed by atoms with Crippen molar-refractivity contribution in [2.75, 3.05) is 5.32 Å². The normalized spacial score (nSPS) is 12.0. The Morgan fingerprint density at radius 1 is 1.12 bits per heavy atom. The second-order valence-electron chi connectivity index (χ2n) is 4.87. The zero-order valence-electron chi connectivity index (χ0n) is 12.2. The Hall–Kier alpha value is -2.69. The standard InChI is InChI=1S/C14H10F4N2O4S/c15-10-4-5-12(13(7-10)25(23,24)14(16,17)18)19-8-9-2-1-3-11(6-9)20(21)22/h1-7,19H,8H2. The van der Waals surface area contributed by atoms with E-state index >= 15 is 0 Å². The van der Waals surface area contributed by atoms with Crippen LogP contribution in [0.15, 0.2) is 47.4 Å². The van der Waals surface area contributed by atoms with Crippen molar-refractivity contribution in [3.8, 4) is 0 Å². The van der Waals surface area contributed by atoms with Crippen LogP contribution >= 0.6 is 0 Å². The molecule has 0 fully saturated rings. The minimum Gasteiger partial charge on any atom is -0.380 e. The van der Waals surface area contributed by atoms with E-state index in [1.54, 1.807) is 0 Å². The summed E-state index contributed by atoms with van der Waals surface area (Å²) >= 11 is 0. The van der Waals surface area contributed by atoms with Crippen molar-refractivity contribution in [2.45, 2.75) is 16.9 Å². The molecule has 25 heavy (non-hydrogen) atoms. The summed E-state index contributed by atoms with van der Waals surface area (Å²) in [6.07, 6.45) is 0. The highest BCUT2D eigenvalue weighted by molar-refractivity contribution is 7.92. The number of anilines is 1. The predicted molar refractivity (Wildman–Crippen MR) is 80.1 cm³/mol. The molecule has 0 amide bonds. The van der Waals surface area contributed by atoms with Gasteiger partial charge in [0.05, 0.1) is 10.6 Å². The predicted octanol–water partition coefficient (Wildman–Crippen LogP) is 3.64. The van der Waals surface area contributed by atoms with Crippen LogP contribution in [0.1, 0.15) is 5.56 Å². The maximum Gasteiger partial charge on any atom is 0.501 e. The SMILES string of the molecule is O=[N+]([O-])c1cccc(CNc2ccc(F)cc2S(=O)(=O)C(F)(F)F)c1. The summed E-state index contributed by atoms with van der Waals surface area (Å²) in [5.41, 5.74) is -5.97. The van der Waals surface area contributed by atoms with Gasteiger partial charge in [-0.3, -0.25) is 10.1 Å². The number of rotatable bonds is 5. The van der Waals surface area contributed by atoms with Crippen LogP contribution < -0.4 is 5.32 Å². The van der Waals surface area contributed by atoms with Crippen LogP contribution in [-0.2, 0) is 16.4 Å². The summed E-state index contributed by atoms with van der Waals surface area (Å²) in [5, 5.41) is 13.1. The van der Waals surface area contributed by atoms with Crippen molar-refractivity contribution < 1.29 is 30.9 Å². The lowest BCUT2D eigenvalue weighted by Gasteiger charge is -2.14. The fourth-order valence-electron chi connectivity index (χ4n) is 1.97. The smallest absolute Gasteiger partial charge is 0.380 e. The van der Waals surface area contributed by atoms with E-state index in [2.05, 4.69) is 5.32 Å². The zero-order valence-corrected chi connectivity index (χ0v) is 13.1. The number of benzene rings is 2. The second-order valence-corrected chi connectivity index (χ2v) is 6.78. The second kappa shape index (κ2) is 6.67. The van der Waals surface area contributed by atoms with Crippen LogP contribution in [-0.4, -0.2) is 18.8 Å². The molecular formula is C14H10F4N2O4S. The lowest BCUT2D eigenvalue weighted by molar-refractivity contribution is -0.384. The van der Waals surface area contributed by atoms with Gasteiger partial charge in [0.2, 0.25) is 0 Å². The molecule has 0 aromatic heterocycles. The third-order valence-electron chi connectivity index (χ3n) is 3.14. The molecule has 0 atom stereocenters. The van der Waals surface area contributed by atoms with Crippen LogP contribution in [0.2, 0.25) is 0 Å². The van der Waals surface area contributed by atoms with Gasteiger partial charge < -0.3 is 5.32 Å². The number of nitrogens with one attached hydrogen (secondary N) is 1. The summed E-state index contributed by atoms with van der Waals surface area (Å²) in [5.74, 6) is -1.15. The van der Waals surface area contributed by atoms with Crippen molar-refractivity contribution in [2.24, 2.45) is 0 Å². The molecule has 11 heteroatoms. The molecule has 0 saturated carbocycles. The van der Waals surface area contributed by atoms with Crippen LogP contribution in [0, 0.1) is 15.9 Å².